The summed E-state index contributed by atoms with van der Waals surface area (Å²) in [7, 11) is 0. The topological polar surface area (TPSA) is 85.2 Å². The number of aromatic nitrogens is 2. The van der Waals surface area contributed by atoms with E-state index in [2.05, 4.69) is 22.2 Å². The molecule has 1 aliphatic rings. The van der Waals surface area contributed by atoms with Gasteiger partial charge < -0.3 is 19.9 Å². The monoisotopic (exact) mass is 342 g/mol. The van der Waals surface area contributed by atoms with E-state index < -0.39 is 0 Å². The van der Waals surface area contributed by atoms with Crippen LogP contribution in [0.15, 0.2) is 36.9 Å². The first-order valence-corrected chi connectivity index (χ1v) is 8.40. The first-order valence-electron chi connectivity index (χ1n) is 8.40. The van der Waals surface area contributed by atoms with Gasteiger partial charge in [-0.25, -0.2) is 4.98 Å². The summed E-state index contributed by atoms with van der Waals surface area (Å²) in [4.78, 5) is 28.8. The summed E-state index contributed by atoms with van der Waals surface area (Å²) < 4.78 is 7.21. The van der Waals surface area contributed by atoms with Crippen LogP contribution in [0.4, 0.5) is 0 Å². The summed E-state index contributed by atoms with van der Waals surface area (Å²) in [6.07, 6.45) is 2.90. The van der Waals surface area contributed by atoms with Gasteiger partial charge in [0.2, 0.25) is 11.8 Å². The second kappa shape index (κ2) is 7.94. The van der Waals surface area contributed by atoms with E-state index in [1.54, 1.807) is 6.08 Å². The number of carbonyl (C=O) groups is 2. The predicted octanol–water partition coefficient (Wildman–Crippen LogP) is 1.13. The molecule has 0 radical (unpaired) electrons. The zero-order valence-corrected chi connectivity index (χ0v) is 14.0. The van der Waals surface area contributed by atoms with Gasteiger partial charge in [-0.1, -0.05) is 18.2 Å². The van der Waals surface area contributed by atoms with E-state index in [1.807, 2.05) is 28.8 Å². The van der Waals surface area contributed by atoms with E-state index in [1.165, 1.54) is 0 Å². The Morgan fingerprint density at radius 1 is 1.36 bits per heavy atom. The summed E-state index contributed by atoms with van der Waals surface area (Å²) in [5, 5.41) is 5.62. The Balaban J connectivity index is 1.76. The average molecular weight is 342 g/mol. The standard InChI is InChI=1S/C18H22N4O3/c1-2-9-19-17(23)12-22-14-7-4-3-6-13(14)21-16(22)11-20-18(24)15-8-5-10-25-15/h2-4,6-7,15H,1,5,8-12H2,(H,19,23)(H,20,24). The minimum absolute atomic E-state index is 0.130. The Kier molecular flexibility index (Phi) is 5.45. The average Bonchev–Trinajstić information content (AvgIpc) is 3.27. The van der Waals surface area contributed by atoms with Crippen molar-refractivity contribution in [3.05, 3.63) is 42.7 Å². The summed E-state index contributed by atoms with van der Waals surface area (Å²) >= 11 is 0. The zero-order valence-electron chi connectivity index (χ0n) is 14.0. The fraction of sp³-hybridized carbons (Fsp3) is 0.389. The molecule has 0 bridgehead atoms. The number of carbonyl (C=O) groups excluding carboxylic acids is 2. The van der Waals surface area contributed by atoms with Gasteiger partial charge in [-0.2, -0.15) is 0 Å². The Morgan fingerprint density at radius 2 is 2.20 bits per heavy atom. The minimum atomic E-state index is -0.381. The second-order valence-electron chi connectivity index (χ2n) is 5.92. The number of hydrogen-bond donors (Lipinski definition) is 2. The van der Waals surface area contributed by atoms with Gasteiger partial charge in [0, 0.05) is 13.2 Å². The molecule has 2 amide bonds. The molecule has 2 aromatic rings. The molecule has 1 aliphatic heterocycles. The highest BCUT2D eigenvalue weighted by Gasteiger charge is 2.24. The fourth-order valence-corrected chi connectivity index (χ4v) is 2.89. The predicted molar refractivity (Wildman–Crippen MR) is 93.8 cm³/mol. The van der Waals surface area contributed by atoms with Crippen LogP contribution < -0.4 is 10.6 Å². The number of fused-ring (bicyclic) bond motifs is 1. The van der Waals surface area contributed by atoms with Crippen molar-refractivity contribution in [2.24, 2.45) is 0 Å². The van der Waals surface area contributed by atoms with Crippen molar-refractivity contribution in [3.8, 4) is 0 Å². The van der Waals surface area contributed by atoms with Crippen LogP contribution >= 0.6 is 0 Å². The van der Waals surface area contributed by atoms with Crippen molar-refractivity contribution < 1.29 is 14.3 Å². The van der Waals surface area contributed by atoms with Gasteiger partial charge >= 0.3 is 0 Å². The molecular weight excluding hydrogens is 320 g/mol. The van der Waals surface area contributed by atoms with Crippen molar-refractivity contribution in [1.29, 1.82) is 0 Å². The van der Waals surface area contributed by atoms with Crippen molar-refractivity contribution in [1.82, 2.24) is 20.2 Å². The number of benzene rings is 1. The van der Waals surface area contributed by atoms with Gasteiger partial charge in [0.05, 0.1) is 17.6 Å². The zero-order chi connectivity index (χ0) is 17.6. The third-order valence-electron chi connectivity index (χ3n) is 4.12. The molecule has 2 N–H and O–H groups in total. The fourth-order valence-electron chi connectivity index (χ4n) is 2.89. The molecule has 2 heterocycles. The van der Waals surface area contributed by atoms with Crippen molar-refractivity contribution >= 4 is 22.8 Å². The van der Waals surface area contributed by atoms with Gasteiger partial charge in [-0.05, 0) is 25.0 Å². The van der Waals surface area contributed by atoms with Gasteiger partial charge in [-0.3, -0.25) is 9.59 Å². The third-order valence-corrected chi connectivity index (χ3v) is 4.12. The van der Waals surface area contributed by atoms with E-state index in [4.69, 9.17) is 4.74 Å². The Labute approximate surface area is 146 Å². The highest BCUT2D eigenvalue weighted by molar-refractivity contribution is 5.82. The van der Waals surface area contributed by atoms with E-state index in [-0.39, 0.29) is 31.0 Å². The van der Waals surface area contributed by atoms with Gasteiger partial charge in [0.1, 0.15) is 18.5 Å². The molecular formula is C18H22N4O3. The van der Waals surface area contributed by atoms with E-state index in [9.17, 15) is 9.59 Å². The quantitative estimate of drug-likeness (QED) is 0.739. The van der Waals surface area contributed by atoms with Gasteiger partial charge in [-0.15, -0.1) is 6.58 Å². The van der Waals surface area contributed by atoms with E-state index >= 15 is 0 Å². The lowest BCUT2D eigenvalue weighted by Gasteiger charge is -2.12. The Morgan fingerprint density at radius 3 is 2.96 bits per heavy atom. The number of ether oxygens (including phenoxy) is 1. The summed E-state index contributed by atoms with van der Waals surface area (Å²) in [5.74, 6) is 0.378. The lowest BCUT2D eigenvalue weighted by Crippen LogP contribution is -2.35. The highest BCUT2D eigenvalue weighted by Crippen LogP contribution is 2.17. The minimum Gasteiger partial charge on any atom is -0.368 e. The number of nitrogens with one attached hydrogen (secondary N) is 2. The lowest BCUT2D eigenvalue weighted by atomic mass is 10.2. The molecule has 1 unspecified atom stereocenters. The molecule has 0 saturated carbocycles. The van der Waals surface area contributed by atoms with Crippen LogP contribution in [-0.2, 0) is 27.4 Å². The van der Waals surface area contributed by atoms with Crippen LogP contribution in [0, 0.1) is 0 Å². The molecule has 3 rings (SSSR count). The normalized spacial score (nSPS) is 16.7. The van der Waals surface area contributed by atoms with Crippen LogP contribution in [0.3, 0.4) is 0 Å². The van der Waals surface area contributed by atoms with Crippen molar-refractivity contribution in [3.63, 3.8) is 0 Å². The summed E-state index contributed by atoms with van der Waals surface area (Å²) in [5.41, 5.74) is 1.65. The number of amides is 2. The van der Waals surface area contributed by atoms with Crippen LogP contribution in [0.5, 0.6) is 0 Å². The maximum absolute atomic E-state index is 12.1. The number of para-hydroxylation sites is 2. The number of rotatable bonds is 7. The molecule has 25 heavy (non-hydrogen) atoms. The Bertz CT molecular complexity index is 778. The molecule has 1 aromatic heterocycles. The molecule has 1 atom stereocenters. The van der Waals surface area contributed by atoms with Crippen LogP contribution in [-0.4, -0.2) is 40.6 Å². The SMILES string of the molecule is C=CCNC(=O)Cn1c(CNC(=O)C2CCCO2)nc2ccccc21. The van der Waals surface area contributed by atoms with Gasteiger partial charge in [0.25, 0.3) is 0 Å². The number of imidazole rings is 1. The first kappa shape index (κ1) is 17.2. The van der Waals surface area contributed by atoms with E-state index in [0.29, 0.717) is 19.0 Å². The molecule has 1 fully saturated rings. The maximum atomic E-state index is 12.1. The molecule has 1 saturated heterocycles. The third kappa shape index (κ3) is 4.06. The summed E-state index contributed by atoms with van der Waals surface area (Å²) in [6.45, 7) is 5.02. The van der Waals surface area contributed by atoms with Crippen LogP contribution in [0.2, 0.25) is 0 Å². The maximum Gasteiger partial charge on any atom is 0.249 e. The largest absolute Gasteiger partial charge is 0.368 e. The molecule has 7 heteroatoms. The number of hydrogen-bond acceptors (Lipinski definition) is 4. The van der Waals surface area contributed by atoms with Crippen molar-refractivity contribution in [2.75, 3.05) is 13.2 Å². The highest BCUT2D eigenvalue weighted by atomic mass is 16.5. The van der Waals surface area contributed by atoms with Gasteiger partial charge in [0.15, 0.2) is 0 Å². The lowest BCUT2D eigenvalue weighted by molar-refractivity contribution is -0.130. The second-order valence-corrected chi connectivity index (χ2v) is 5.92. The van der Waals surface area contributed by atoms with Crippen LogP contribution in [0.25, 0.3) is 11.0 Å². The smallest absolute Gasteiger partial charge is 0.249 e. The molecule has 132 valence electrons. The first-order chi connectivity index (χ1) is 12.2. The van der Waals surface area contributed by atoms with Crippen LogP contribution in [0.1, 0.15) is 18.7 Å². The molecule has 7 nitrogen and oxygen atoms in total. The van der Waals surface area contributed by atoms with Crippen molar-refractivity contribution in [2.45, 2.75) is 32.0 Å². The Hall–Kier alpha value is -2.67. The van der Waals surface area contributed by atoms with E-state index in [0.717, 1.165) is 23.9 Å². The molecule has 1 aromatic carbocycles. The molecule has 0 spiro atoms. The number of nitrogens with zero attached hydrogens (tertiary/aromatic N) is 2. The molecule has 0 aliphatic carbocycles. The summed E-state index contributed by atoms with van der Waals surface area (Å²) in [6, 6.07) is 7.59.